The first kappa shape index (κ1) is 14.8. The molecule has 7 heteroatoms. The lowest BCUT2D eigenvalue weighted by Crippen LogP contribution is -2.36. The molecule has 1 amide bonds. The van der Waals surface area contributed by atoms with Gasteiger partial charge in [-0.3, -0.25) is 9.20 Å². The summed E-state index contributed by atoms with van der Waals surface area (Å²) in [4.78, 5) is 24.3. The number of hydrogen-bond acceptors (Lipinski definition) is 4. The van der Waals surface area contributed by atoms with Crippen molar-refractivity contribution < 1.29 is 9.90 Å². The zero-order valence-electron chi connectivity index (χ0n) is 12.5. The number of nitrogens with zero attached hydrogens (tertiary/aromatic N) is 3. The summed E-state index contributed by atoms with van der Waals surface area (Å²) in [5, 5.41) is 16.1. The predicted octanol–water partition coefficient (Wildman–Crippen LogP) is 1.08. The Labute approximate surface area is 131 Å². The van der Waals surface area contributed by atoms with Gasteiger partial charge in [0.1, 0.15) is 12.3 Å². The summed E-state index contributed by atoms with van der Waals surface area (Å²) < 4.78 is 2.55. The van der Waals surface area contributed by atoms with Crippen LogP contribution in [0.3, 0.4) is 0 Å². The molecule has 0 aliphatic carbocycles. The van der Waals surface area contributed by atoms with Gasteiger partial charge >= 0.3 is 5.69 Å². The molecule has 23 heavy (non-hydrogen) atoms. The van der Waals surface area contributed by atoms with E-state index < -0.39 is 0 Å². The molecular formula is C16H16N4O3. The van der Waals surface area contributed by atoms with E-state index >= 15 is 0 Å². The van der Waals surface area contributed by atoms with Crippen molar-refractivity contribution in [3.8, 4) is 5.75 Å². The third kappa shape index (κ3) is 3.08. The van der Waals surface area contributed by atoms with Crippen LogP contribution in [0.5, 0.6) is 5.75 Å². The van der Waals surface area contributed by atoms with Crippen LogP contribution >= 0.6 is 0 Å². The molecule has 2 N–H and O–H groups in total. The molecule has 0 spiro atoms. The molecule has 7 nitrogen and oxygen atoms in total. The van der Waals surface area contributed by atoms with E-state index in [1.165, 1.54) is 10.6 Å². The number of fused-ring (bicyclic) bond motifs is 1. The molecule has 0 saturated heterocycles. The fourth-order valence-corrected chi connectivity index (χ4v) is 2.35. The van der Waals surface area contributed by atoms with Crippen LogP contribution in [0.25, 0.3) is 5.52 Å². The first-order valence-electron chi connectivity index (χ1n) is 7.16. The lowest BCUT2D eigenvalue weighted by molar-refractivity contribution is -0.122. The van der Waals surface area contributed by atoms with Crippen molar-refractivity contribution in [1.82, 2.24) is 19.5 Å². The van der Waals surface area contributed by atoms with Crippen LogP contribution in [0.15, 0.2) is 53.6 Å². The fraction of sp³-hybridized carbons (Fsp3) is 0.188. The van der Waals surface area contributed by atoms with E-state index in [0.29, 0.717) is 5.52 Å². The maximum atomic E-state index is 12.2. The Morgan fingerprint density at radius 1 is 1.30 bits per heavy atom. The first-order valence-corrected chi connectivity index (χ1v) is 7.16. The second kappa shape index (κ2) is 5.96. The van der Waals surface area contributed by atoms with Gasteiger partial charge in [-0.15, -0.1) is 0 Å². The summed E-state index contributed by atoms with van der Waals surface area (Å²) >= 11 is 0. The van der Waals surface area contributed by atoms with Gasteiger partial charge in [0.25, 0.3) is 0 Å². The minimum absolute atomic E-state index is 0.157. The van der Waals surface area contributed by atoms with Crippen molar-refractivity contribution in [3.63, 3.8) is 0 Å². The Hall–Kier alpha value is -3.09. The van der Waals surface area contributed by atoms with E-state index in [1.54, 1.807) is 42.6 Å². The van der Waals surface area contributed by atoms with Gasteiger partial charge in [0.2, 0.25) is 5.91 Å². The fourth-order valence-electron chi connectivity index (χ4n) is 2.35. The molecule has 2 heterocycles. The quantitative estimate of drug-likeness (QED) is 0.754. The molecule has 0 aliphatic heterocycles. The number of rotatable bonds is 4. The van der Waals surface area contributed by atoms with Crippen molar-refractivity contribution in [3.05, 3.63) is 64.8 Å². The lowest BCUT2D eigenvalue weighted by Gasteiger charge is -2.14. The van der Waals surface area contributed by atoms with E-state index in [0.717, 1.165) is 10.2 Å². The van der Waals surface area contributed by atoms with Crippen molar-refractivity contribution in [2.75, 3.05) is 0 Å². The molecule has 1 atom stereocenters. The largest absolute Gasteiger partial charge is 0.508 e. The molecule has 0 bridgehead atoms. The van der Waals surface area contributed by atoms with Crippen molar-refractivity contribution >= 4 is 11.4 Å². The number of carbonyl (C=O) groups is 1. The summed E-state index contributed by atoms with van der Waals surface area (Å²) in [6.07, 6.45) is 3.17. The maximum Gasteiger partial charge on any atom is 0.349 e. The summed E-state index contributed by atoms with van der Waals surface area (Å²) in [5.74, 6) is -0.144. The molecule has 0 saturated carbocycles. The number of benzene rings is 1. The molecule has 2 aromatic heterocycles. The molecule has 0 fully saturated rings. The Morgan fingerprint density at radius 3 is 2.78 bits per heavy atom. The van der Waals surface area contributed by atoms with Crippen LogP contribution < -0.4 is 11.0 Å². The van der Waals surface area contributed by atoms with Gasteiger partial charge in [-0.05, 0) is 36.8 Å². The second-order valence-electron chi connectivity index (χ2n) is 5.27. The molecule has 3 rings (SSSR count). The normalized spacial score (nSPS) is 12.2. The zero-order chi connectivity index (χ0) is 16.4. The van der Waals surface area contributed by atoms with Crippen LogP contribution in [-0.2, 0) is 11.3 Å². The minimum atomic E-state index is -0.361. The number of hydrogen-bond donors (Lipinski definition) is 2. The molecule has 118 valence electrons. The number of aromatic hydroxyl groups is 1. The number of carbonyl (C=O) groups excluding carboxylic acids is 1. The Kier molecular flexibility index (Phi) is 3.84. The number of aromatic nitrogens is 3. The lowest BCUT2D eigenvalue weighted by atomic mass is 10.1. The maximum absolute atomic E-state index is 12.2. The summed E-state index contributed by atoms with van der Waals surface area (Å²) in [6.45, 7) is 1.67. The van der Waals surface area contributed by atoms with Gasteiger partial charge in [-0.25, -0.2) is 9.48 Å². The van der Waals surface area contributed by atoms with Crippen LogP contribution in [0.1, 0.15) is 18.5 Å². The number of phenolic OH excluding ortho intramolecular Hbond substituents is 1. The van der Waals surface area contributed by atoms with E-state index in [9.17, 15) is 14.7 Å². The van der Waals surface area contributed by atoms with E-state index in [4.69, 9.17) is 0 Å². The van der Waals surface area contributed by atoms with Gasteiger partial charge in [-0.1, -0.05) is 12.1 Å². The summed E-state index contributed by atoms with van der Waals surface area (Å²) in [7, 11) is 0. The van der Waals surface area contributed by atoms with Crippen molar-refractivity contribution in [1.29, 1.82) is 0 Å². The Bertz CT molecular complexity index is 896. The third-order valence-corrected chi connectivity index (χ3v) is 3.60. The zero-order valence-corrected chi connectivity index (χ0v) is 12.5. The van der Waals surface area contributed by atoms with Gasteiger partial charge in [-0.2, -0.15) is 5.10 Å². The molecule has 1 unspecified atom stereocenters. The SMILES string of the molecule is CC(NC(=O)Cn1ncc2cccn2c1=O)c1ccc(O)cc1. The molecule has 0 radical (unpaired) electrons. The van der Waals surface area contributed by atoms with Crippen molar-refractivity contribution in [2.45, 2.75) is 19.5 Å². The van der Waals surface area contributed by atoms with E-state index in [2.05, 4.69) is 10.4 Å². The third-order valence-electron chi connectivity index (χ3n) is 3.60. The average Bonchev–Trinajstić information content (AvgIpc) is 3.00. The summed E-state index contributed by atoms with van der Waals surface area (Å²) in [5.41, 5.74) is 1.18. The second-order valence-corrected chi connectivity index (χ2v) is 5.27. The van der Waals surface area contributed by atoms with Crippen LogP contribution in [0, 0.1) is 0 Å². The van der Waals surface area contributed by atoms with Gasteiger partial charge in [0.15, 0.2) is 0 Å². The van der Waals surface area contributed by atoms with Crippen LogP contribution in [-0.4, -0.2) is 25.2 Å². The highest BCUT2D eigenvalue weighted by molar-refractivity contribution is 5.76. The van der Waals surface area contributed by atoms with Crippen LogP contribution in [0.4, 0.5) is 0 Å². The highest BCUT2D eigenvalue weighted by atomic mass is 16.3. The minimum Gasteiger partial charge on any atom is -0.508 e. The number of phenols is 1. The smallest absolute Gasteiger partial charge is 0.349 e. The molecular weight excluding hydrogens is 296 g/mol. The molecule has 1 aromatic carbocycles. The highest BCUT2D eigenvalue weighted by Crippen LogP contribution is 2.16. The van der Waals surface area contributed by atoms with Crippen molar-refractivity contribution in [2.24, 2.45) is 0 Å². The first-order chi connectivity index (χ1) is 11.0. The number of amides is 1. The summed E-state index contributed by atoms with van der Waals surface area (Å²) in [6, 6.07) is 9.86. The highest BCUT2D eigenvalue weighted by Gasteiger charge is 2.12. The van der Waals surface area contributed by atoms with Gasteiger partial charge in [0.05, 0.1) is 17.8 Å². The van der Waals surface area contributed by atoms with Crippen LogP contribution in [0.2, 0.25) is 0 Å². The monoisotopic (exact) mass is 312 g/mol. The van der Waals surface area contributed by atoms with E-state index in [-0.39, 0.29) is 29.9 Å². The Morgan fingerprint density at radius 2 is 2.04 bits per heavy atom. The molecule has 3 aromatic rings. The molecule has 0 aliphatic rings. The number of nitrogens with one attached hydrogen (secondary N) is 1. The topological polar surface area (TPSA) is 88.6 Å². The predicted molar refractivity (Wildman–Crippen MR) is 84.1 cm³/mol. The van der Waals surface area contributed by atoms with Gasteiger partial charge < -0.3 is 10.4 Å². The standard InChI is InChI=1S/C16H16N4O3/c1-11(12-4-6-14(21)7-5-12)18-15(22)10-20-16(23)19-8-2-3-13(19)9-17-20/h2-9,11,21H,10H2,1H3,(H,18,22). The average molecular weight is 312 g/mol. The Balaban J connectivity index is 1.72. The van der Waals surface area contributed by atoms with E-state index in [1.807, 2.05) is 6.92 Å². The van der Waals surface area contributed by atoms with Gasteiger partial charge in [0, 0.05) is 6.20 Å².